The van der Waals surface area contributed by atoms with Crippen molar-refractivity contribution in [2.75, 3.05) is 31.6 Å². The maximum Gasteiger partial charge on any atom is 0.148 e. The van der Waals surface area contributed by atoms with E-state index in [1.807, 2.05) is 31.2 Å². The lowest BCUT2D eigenvalue weighted by Crippen LogP contribution is -2.33. The Balaban J connectivity index is 1.53. The highest BCUT2D eigenvalue weighted by Gasteiger charge is 2.12. The number of piperidine rings is 1. The highest BCUT2D eigenvalue weighted by Crippen LogP contribution is 2.15. The Kier molecular flexibility index (Phi) is 4.62. The molecule has 2 heterocycles. The van der Waals surface area contributed by atoms with Crippen LogP contribution in [-0.2, 0) is 4.74 Å². The van der Waals surface area contributed by atoms with Crippen molar-refractivity contribution < 1.29 is 4.74 Å². The first-order chi connectivity index (χ1) is 10.3. The molecule has 0 saturated carbocycles. The van der Waals surface area contributed by atoms with Gasteiger partial charge in [0.15, 0.2) is 0 Å². The molecule has 0 aliphatic carbocycles. The van der Waals surface area contributed by atoms with Crippen LogP contribution in [0.25, 0.3) is 11.0 Å². The molecule has 0 unspecified atom stereocenters. The summed E-state index contributed by atoms with van der Waals surface area (Å²) >= 11 is 0. The average Bonchev–Trinajstić information content (AvgIpc) is 2.53. The molecule has 21 heavy (non-hydrogen) atoms. The molecule has 0 atom stereocenters. The van der Waals surface area contributed by atoms with E-state index < -0.39 is 0 Å². The molecule has 3 rings (SSSR count). The van der Waals surface area contributed by atoms with Crippen LogP contribution in [0, 0.1) is 6.92 Å². The minimum Gasteiger partial charge on any atom is -0.376 e. The largest absolute Gasteiger partial charge is 0.376 e. The van der Waals surface area contributed by atoms with Crippen LogP contribution >= 0.6 is 0 Å². The summed E-state index contributed by atoms with van der Waals surface area (Å²) in [4.78, 5) is 9.19. The van der Waals surface area contributed by atoms with Crippen molar-refractivity contribution in [3.8, 4) is 0 Å². The summed E-state index contributed by atoms with van der Waals surface area (Å²) in [5.74, 6) is 0.850. The van der Waals surface area contributed by atoms with Gasteiger partial charge in [-0.1, -0.05) is 12.1 Å². The number of aromatic nitrogens is 2. The highest BCUT2D eigenvalue weighted by atomic mass is 16.5. The second kappa shape index (κ2) is 6.83. The van der Waals surface area contributed by atoms with Gasteiger partial charge in [0.05, 0.1) is 29.4 Å². The van der Waals surface area contributed by atoms with Gasteiger partial charge >= 0.3 is 0 Å². The SMILES string of the molecule is Cc1nc2ccccc2nc1NCCOC1CCNCC1. The number of fused-ring (bicyclic) bond motifs is 1. The van der Waals surface area contributed by atoms with Crippen LogP contribution in [-0.4, -0.2) is 42.3 Å². The molecule has 1 saturated heterocycles. The zero-order valence-corrected chi connectivity index (χ0v) is 12.4. The first kappa shape index (κ1) is 14.2. The first-order valence-corrected chi connectivity index (χ1v) is 7.62. The van der Waals surface area contributed by atoms with Gasteiger partial charge in [0, 0.05) is 6.54 Å². The molecule has 5 nitrogen and oxygen atoms in total. The molecule has 112 valence electrons. The zero-order valence-electron chi connectivity index (χ0n) is 12.4. The minimum absolute atomic E-state index is 0.400. The highest BCUT2D eigenvalue weighted by molar-refractivity contribution is 5.76. The van der Waals surface area contributed by atoms with E-state index in [4.69, 9.17) is 4.74 Å². The van der Waals surface area contributed by atoms with Gasteiger partial charge in [0.25, 0.3) is 0 Å². The van der Waals surface area contributed by atoms with Crippen molar-refractivity contribution in [3.63, 3.8) is 0 Å². The molecule has 1 aromatic heterocycles. The molecule has 1 aromatic carbocycles. The van der Waals surface area contributed by atoms with Gasteiger partial charge in [0.1, 0.15) is 5.82 Å². The van der Waals surface area contributed by atoms with Gasteiger partial charge in [-0.2, -0.15) is 0 Å². The van der Waals surface area contributed by atoms with Gasteiger partial charge in [-0.15, -0.1) is 0 Å². The third-order valence-corrected chi connectivity index (χ3v) is 3.78. The predicted molar refractivity (Wildman–Crippen MR) is 84.6 cm³/mol. The molecule has 2 aromatic rings. The molecular formula is C16H22N4O. The van der Waals surface area contributed by atoms with Crippen molar-refractivity contribution in [2.24, 2.45) is 0 Å². The third kappa shape index (κ3) is 3.68. The van der Waals surface area contributed by atoms with E-state index in [0.717, 1.165) is 55.0 Å². The number of hydrogen-bond donors (Lipinski definition) is 2. The Labute approximate surface area is 125 Å². The van der Waals surface area contributed by atoms with E-state index in [9.17, 15) is 0 Å². The first-order valence-electron chi connectivity index (χ1n) is 7.62. The Hall–Kier alpha value is -1.72. The Bertz CT molecular complexity index is 596. The quantitative estimate of drug-likeness (QED) is 0.825. The van der Waals surface area contributed by atoms with E-state index in [0.29, 0.717) is 12.7 Å². The monoisotopic (exact) mass is 286 g/mol. The van der Waals surface area contributed by atoms with Crippen LogP contribution in [0.1, 0.15) is 18.5 Å². The van der Waals surface area contributed by atoms with Crippen molar-refractivity contribution >= 4 is 16.9 Å². The number of nitrogens with zero attached hydrogens (tertiary/aromatic N) is 2. The van der Waals surface area contributed by atoms with Gasteiger partial charge in [-0.25, -0.2) is 9.97 Å². The second-order valence-corrected chi connectivity index (χ2v) is 5.39. The maximum absolute atomic E-state index is 5.88. The Morgan fingerprint density at radius 2 is 1.90 bits per heavy atom. The topological polar surface area (TPSA) is 59.1 Å². The fraction of sp³-hybridized carbons (Fsp3) is 0.500. The second-order valence-electron chi connectivity index (χ2n) is 5.39. The summed E-state index contributed by atoms with van der Waals surface area (Å²) in [6.07, 6.45) is 2.61. The van der Waals surface area contributed by atoms with E-state index in [1.165, 1.54) is 0 Å². The number of nitrogens with one attached hydrogen (secondary N) is 2. The van der Waals surface area contributed by atoms with Crippen LogP contribution in [0.5, 0.6) is 0 Å². The van der Waals surface area contributed by atoms with E-state index in [-0.39, 0.29) is 0 Å². The smallest absolute Gasteiger partial charge is 0.148 e. The van der Waals surface area contributed by atoms with E-state index >= 15 is 0 Å². The molecule has 0 amide bonds. The summed E-state index contributed by atoms with van der Waals surface area (Å²) in [6, 6.07) is 7.94. The normalized spacial score (nSPS) is 16.2. The molecular weight excluding hydrogens is 264 g/mol. The third-order valence-electron chi connectivity index (χ3n) is 3.78. The summed E-state index contributed by atoms with van der Waals surface area (Å²) < 4.78 is 5.88. The van der Waals surface area contributed by atoms with Crippen molar-refractivity contribution in [1.82, 2.24) is 15.3 Å². The fourth-order valence-corrected chi connectivity index (χ4v) is 2.61. The van der Waals surface area contributed by atoms with Crippen molar-refractivity contribution in [3.05, 3.63) is 30.0 Å². The van der Waals surface area contributed by atoms with Crippen LogP contribution < -0.4 is 10.6 Å². The minimum atomic E-state index is 0.400. The molecule has 1 aliphatic rings. The zero-order chi connectivity index (χ0) is 14.5. The van der Waals surface area contributed by atoms with Gasteiger partial charge < -0.3 is 15.4 Å². The van der Waals surface area contributed by atoms with Crippen LogP contribution in [0.2, 0.25) is 0 Å². The number of aryl methyl sites for hydroxylation is 1. The number of rotatable bonds is 5. The van der Waals surface area contributed by atoms with Crippen molar-refractivity contribution in [2.45, 2.75) is 25.9 Å². The van der Waals surface area contributed by atoms with Crippen LogP contribution in [0.4, 0.5) is 5.82 Å². The summed E-state index contributed by atoms with van der Waals surface area (Å²) in [6.45, 7) is 5.58. The lowest BCUT2D eigenvalue weighted by Gasteiger charge is -2.23. The molecule has 5 heteroatoms. The average molecular weight is 286 g/mol. The molecule has 2 N–H and O–H groups in total. The van der Waals surface area contributed by atoms with Gasteiger partial charge in [-0.3, -0.25) is 0 Å². The standard InChI is InChI=1S/C16H22N4O/c1-12-16(20-15-5-3-2-4-14(15)19-12)18-10-11-21-13-6-8-17-9-7-13/h2-5,13,17H,6-11H2,1H3,(H,18,20). The predicted octanol–water partition coefficient (Wildman–Crippen LogP) is 2.12. The summed E-state index contributed by atoms with van der Waals surface area (Å²) in [5.41, 5.74) is 2.78. The lowest BCUT2D eigenvalue weighted by atomic mass is 10.1. The van der Waals surface area contributed by atoms with E-state index in [1.54, 1.807) is 0 Å². The summed E-state index contributed by atoms with van der Waals surface area (Å²) in [5, 5.41) is 6.67. The van der Waals surface area contributed by atoms with Crippen molar-refractivity contribution in [1.29, 1.82) is 0 Å². The van der Waals surface area contributed by atoms with Gasteiger partial charge in [-0.05, 0) is 45.0 Å². The van der Waals surface area contributed by atoms with E-state index in [2.05, 4.69) is 20.6 Å². The maximum atomic E-state index is 5.88. The Morgan fingerprint density at radius 3 is 2.67 bits per heavy atom. The number of anilines is 1. The fourth-order valence-electron chi connectivity index (χ4n) is 2.61. The number of ether oxygens (including phenoxy) is 1. The molecule has 0 radical (unpaired) electrons. The van der Waals surface area contributed by atoms with Crippen LogP contribution in [0.3, 0.4) is 0 Å². The lowest BCUT2D eigenvalue weighted by molar-refractivity contribution is 0.0394. The molecule has 0 bridgehead atoms. The number of para-hydroxylation sites is 2. The Morgan fingerprint density at radius 1 is 1.19 bits per heavy atom. The number of hydrogen-bond acceptors (Lipinski definition) is 5. The number of benzene rings is 1. The van der Waals surface area contributed by atoms with Gasteiger partial charge in [0.2, 0.25) is 0 Å². The summed E-state index contributed by atoms with van der Waals surface area (Å²) in [7, 11) is 0. The molecule has 0 spiro atoms. The molecule has 1 fully saturated rings. The van der Waals surface area contributed by atoms with Crippen LogP contribution in [0.15, 0.2) is 24.3 Å². The molecule has 1 aliphatic heterocycles.